The van der Waals surface area contributed by atoms with E-state index in [0.29, 0.717) is 5.69 Å². The zero-order chi connectivity index (χ0) is 17.4. The number of amides is 1. The number of nitrogens with one attached hydrogen (secondary N) is 1. The van der Waals surface area contributed by atoms with Gasteiger partial charge in [0.2, 0.25) is 11.8 Å². The van der Waals surface area contributed by atoms with Crippen LogP contribution >= 0.6 is 0 Å². The second kappa shape index (κ2) is 6.04. The number of aromatic nitrogens is 4. The molecule has 2 aromatic heterocycles. The van der Waals surface area contributed by atoms with Crippen LogP contribution in [-0.4, -0.2) is 25.4 Å². The number of fused-ring (bicyclic) bond motifs is 1. The molecule has 0 fully saturated rings. The number of hydrogen-bond acceptors (Lipinski definition) is 5. The van der Waals surface area contributed by atoms with Gasteiger partial charge < -0.3 is 4.52 Å². The molecule has 0 bridgehead atoms. The van der Waals surface area contributed by atoms with Crippen LogP contribution in [0.5, 0.6) is 0 Å². The Morgan fingerprint density at radius 3 is 2.92 bits per heavy atom. The molecule has 0 spiro atoms. The summed E-state index contributed by atoms with van der Waals surface area (Å²) in [7, 11) is 1.57. The fraction of sp³-hybridized carbons (Fsp3) is 0.294. The van der Waals surface area contributed by atoms with Crippen LogP contribution in [0, 0.1) is 0 Å². The molecular weight excluding hydrogens is 322 g/mol. The molecule has 1 aliphatic carbocycles. The predicted octanol–water partition coefficient (Wildman–Crippen LogP) is 1.36. The number of carbonyl (C=O) groups excluding carboxylic acids is 1. The fourth-order valence-corrected chi connectivity index (χ4v) is 3.04. The number of benzene rings is 1. The average molecular weight is 339 g/mol. The second-order valence-corrected chi connectivity index (χ2v) is 6.14. The van der Waals surface area contributed by atoms with Gasteiger partial charge in [-0.15, -0.1) is 0 Å². The van der Waals surface area contributed by atoms with Crippen LogP contribution in [0.15, 0.2) is 39.9 Å². The van der Waals surface area contributed by atoms with Gasteiger partial charge >= 0.3 is 5.69 Å². The van der Waals surface area contributed by atoms with E-state index in [2.05, 4.69) is 27.7 Å². The number of rotatable bonds is 4. The van der Waals surface area contributed by atoms with Crippen molar-refractivity contribution in [2.24, 2.45) is 7.05 Å². The van der Waals surface area contributed by atoms with Gasteiger partial charge in [0, 0.05) is 18.7 Å². The van der Waals surface area contributed by atoms with Gasteiger partial charge in [0.25, 0.3) is 0 Å². The summed E-state index contributed by atoms with van der Waals surface area (Å²) >= 11 is 0. The summed E-state index contributed by atoms with van der Waals surface area (Å²) in [6.45, 7) is -0.186. The average Bonchev–Trinajstić information content (AvgIpc) is 3.31. The van der Waals surface area contributed by atoms with Gasteiger partial charge in [0.1, 0.15) is 18.6 Å². The van der Waals surface area contributed by atoms with Crippen molar-refractivity contribution in [2.45, 2.75) is 25.8 Å². The molecule has 8 heteroatoms. The third-order valence-corrected chi connectivity index (χ3v) is 4.35. The van der Waals surface area contributed by atoms with Gasteiger partial charge in [-0.1, -0.05) is 17.3 Å². The highest BCUT2D eigenvalue weighted by atomic mass is 16.5. The number of nitrogens with zero attached hydrogens (tertiary/aromatic N) is 4. The third-order valence-electron chi connectivity index (χ3n) is 4.35. The first kappa shape index (κ1) is 15.4. The Morgan fingerprint density at radius 1 is 1.28 bits per heavy atom. The molecule has 0 saturated heterocycles. The smallest absolute Gasteiger partial charge is 0.338 e. The molecule has 0 radical (unpaired) electrons. The summed E-state index contributed by atoms with van der Waals surface area (Å²) in [6.07, 6.45) is 4.76. The molecule has 25 heavy (non-hydrogen) atoms. The van der Waals surface area contributed by atoms with Crippen molar-refractivity contribution in [1.82, 2.24) is 19.5 Å². The molecule has 8 nitrogen and oxygen atoms in total. The van der Waals surface area contributed by atoms with E-state index in [1.54, 1.807) is 13.1 Å². The zero-order valence-corrected chi connectivity index (χ0v) is 13.7. The van der Waals surface area contributed by atoms with Crippen LogP contribution in [0.3, 0.4) is 0 Å². The van der Waals surface area contributed by atoms with Gasteiger partial charge in [-0.25, -0.2) is 9.48 Å². The van der Waals surface area contributed by atoms with E-state index in [1.165, 1.54) is 28.4 Å². The lowest BCUT2D eigenvalue weighted by molar-refractivity contribution is -0.117. The standard InChI is InChI=1S/C17H17N5O3/c1-21-10-18-22(17(21)24)9-15(23)19-16-8-14(20-25-16)13-6-5-11-3-2-4-12(11)7-13/h5-8,10H,2-4,9H2,1H3,(H,19,23). The molecule has 0 aliphatic heterocycles. The first-order valence-electron chi connectivity index (χ1n) is 8.07. The lowest BCUT2D eigenvalue weighted by Gasteiger charge is -2.01. The van der Waals surface area contributed by atoms with Gasteiger partial charge in [-0.05, 0) is 36.5 Å². The minimum Gasteiger partial charge on any atom is -0.338 e. The van der Waals surface area contributed by atoms with E-state index >= 15 is 0 Å². The quantitative estimate of drug-likeness (QED) is 0.774. The highest BCUT2D eigenvalue weighted by Crippen LogP contribution is 2.28. The maximum absolute atomic E-state index is 12.0. The van der Waals surface area contributed by atoms with Crippen LogP contribution in [0.1, 0.15) is 17.5 Å². The predicted molar refractivity (Wildman–Crippen MR) is 90.1 cm³/mol. The third kappa shape index (κ3) is 2.98. The summed E-state index contributed by atoms with van der Waals surface area (Å²) in [6, 6.07) is 7.94. The molecular formula is C17H17N5O3. The molecule has 4 rings (SSSR count). The normalized spacial score (nSPS) is 13.0. The molecule has 1 aliphatic rings. The Kier molecular flexibility index (Phi) is 3.72. The Labute approximate surface area is 143 Å². The van der Waals surface area contributed by atoms with Crippen molar-refractivity contribution < 1.29 is 9.32 Å². The summed E-state index contributed by atoms with van der Waals surface area (Å²) in [5.74, 6) is -0.165. The van der Waals surface area contributed by atoms with Gasteiger partial charge in [0.15, 0.2) is 0 Å². The lowest BCUT2D eigenvalue weighted by atomic mass is 10.0. The molecule has 1 amide bonds. The van der Waals surface area contributed by atoms with Crippen molar-refractivity contribution in [2.75, 3.05) is 5.32 Å². The number of aryl methyl sites for hydroxylation is 3. The largest absolute Gasteiger partial charge is 0.345 e. The minimum absolute atomic E-state index is 0.186. The molecule has 2 heterocycles. The first-order chi connectivity index (χ1) is 12.1. The number of anilines is 1. The van der Waals surface area contributed by atoms with Crippen molar-refractivity contribution in [1.29, 1.82) is 0 Å². The zero-order valence-electron chi connectivity index (χ0n) is 13.7. The second-order valence-electron chi connectivity index (χ2n) is 6.14. The number of hydrogen-bond donors (Lipinski definition) is 1. The maximum atomic E-state index is 12.0. The van der Waals surface area contributed by atoms with Crippen LogP contribution in [0.25, 0.3) is 11.3 Å². The topological polar surface area (TPSA) is 95.0 Å². The van der Waals surface area contributed by atoms with Gasteiger partial charge in [-0.3, -0.25) is 14.7 Å². The minimum atomic E-state index is -0.405. The summed E-state index contributed by atoms with van der Waals surface area (Å²) in [5.41, 5.74) is 4.01. The number of carbonyl (C=O) groups is 1. The van der Waals surface area contributed by atoms with Crippen LogP contribution in [0.4, 0.5) is 5.88 Å². The van der Waals surface area contributed by atoms with E-state index in [1.807, 2.05) is 6.07 Å². The molecule has 0 unspecified atom stereocenters. The fourth-order valence-electron chi connectivity index (χ4n) is 3.04. The monoisotopic (exact) mass is 339 g/mol. The van der Waals surface area contributed by atoms with E-state index in [9.17, 15) is 9.59 Å². The van der Waals surface area contributed by atoms with Gasteiger partial charge in [-0.2, -0.15) is 5.10 Å². The molecule has 0 saturated carbocycles. The Bertz CT molecular complexity index is 998. The van der Waals surface area contributed by atoms with E-state index < -0.39 is 5.91 Å². The molecule has 128 valence electrons. The molecule has 1 N–H and O–H groups in total. The van der Waals surface area contributed by atoms with Gasteiger partial charge in [0.05, 0.1) is 0 Å². The molecule has 3 aromatic rings. The van der Waals surface area contributed by atoms with Crippen LogP contribution in [0.2, 0.25) is 0 Å². The maximum Gasteiger partial charge on any atom is 0.345 e. The van der Waals surface area contributed by atoms with E-state index in [0.717, 1.165) is 23.1 Å². The van der Waals surface area contributed by atoms with Crippen molar-refractivity contribution in [3.63, 3.8) is 0 Å². The Morgan fingerprint density at radius 2 is 2.12 bits per heavy atom. The summed E-state index contributed by atoms with van der Waals surface area (Å²) in [4.78, 5) is 23.7. The first-order valence-corrected chi connectivity index (χ1v) is 8.07. The van der Waals surface area contributed by atoms with Crippen molar-refractivity contribution in [3.8, 4) is 11.3 Å². The van der Waals surface area contributed by atoms with Crippen molar-refractivity contribution >= 4 is 11.8 Å². The highest BCUT2D eigenvalue weighted by Gasteiger charge is 2.15. The highest BCUT2D eigenvalue weighted by molar-refractivity contribution is 5.89. The van der Waals surface area contributed by atoms with Crippen LogP contribution < -0.4 is 11.0 Å². The Balaban J connectivity index is 1.47. The summed E-state index contributed by atoms with van der Waals surface area (Å²) in [5, 5.41) is 10.5. The van der Waals surface area contributed by atoms with Crippen LogP contribution in [-0.2, 0) is 31.2 Å². The van der Waals surface area contributed by atoms with Crippen molar-refractivity contribution in [3.05, 3.63) is 52.2 Å². The molecule has 0 atom stereocenters. The van der Waals surface area contributed by atoms with E-state index in [4.69, 9.17) is 4.52 Å². The Hall–Kier alpha value is -3.16. The SMILES string of the molecule is Cn1cnn(CC(=O)Nc2cc(-c3ccc4c(c3)CCC4)no2)c1=O. The summed E-state index contributed by atoms with van der Waals surface area (Å²) < 4.78 is 7.56. The molecule has 1 aromatic carbocycles. The van der Waals surface area contributed by atoms with E-state index in [-0.39, 0.29) is 18.1 Å². The lowest BCUT2D eigenvalue weighted by Crippen LogP contribution is -2.29.